The first-order chi connectivity index (χ1) is 15.8. The minimum Gasteiger partial charge on any atom is -0.497 e. The Morgan fingerprint density at radius 2 is 1.24 bits per heavy atom. The highest BCUT2D eigenvalue weighted by molar-refractivity contribution is 6.08. The van der Waals surface area contributed by atoms with Crippen molar-refractivity contribution in [3.8, 4) is 11.5 Å². The second kappa shape index (κ2) is 9.82. The van der Waals surface area contributed by atoms with Crippen LogP contribution in [0.1, 0.15) is 29.8 Å². The largest absolute Gasteiger partial charge is 0.497 e. The van der Waals surface area contributed by atoms with Gasteiger partial charge in [-0.25, -0.2) is 9.59 Å². The van der Waals surface area contributed by atoms with E-state index in [1.54, 1.807) is 50.4 Å². The number of Topliss-reactive ketones (excluding diaryl/α,β-unsaturated/α-hetero) is 1. The van der Waals surface area contributed by atoms with Crippen LogP contribution in [0.5, 0.6) is 11.5 Å². The predicted octanol–water partition coefficient (Wildman–Crippen LogP) is 3.49. The van der Waals surface area contributed by atoms with Gasteiger partial charge in [-0.3, -0.25) is 4.79 Å². The molecule has 0 fully saturated rings. The zero-order valence-electron chi connectivity index (χ0n) is 18.5. The molecule has 9 heteroatoms. The molecule has 0 amide bonds. The Hall–Kier alpha value is -4.40. The van der Waals surface area contributed by atoms with Crippen LogP contribution >= 0.6 is 0 Å². The smallest absolute Gasteiger partial charge is 0.336 e. The number of nitrogens with zero attached hydrogens (tertiary/aromatic N) is 1. The van der Waals surface area contributed by atoms with Gasteiger partial charge < -0.3 is 24.2 Å². The Balaban J connectivity index is 0.000000186. The van der Waals surface area contributed by atoms with Gasteiger partial charge in [-0.05, 0) is 38.1 Å². The fourth-order valence-corrected chi connectivity index (χ4v) is 3.20. The second-order valence-electron chi connectivity index (χ2n) is 6.95. The fourth-order valence-electron chi connectivity index (χ4n) is 3.20. The Labute approximate surface area is 188 Å². The number of fused-ring (bicyclic) bond motifs is 2. The number of nitrogens with two attached hydrogens (primary N) is 1. The Kier molecular flexibility index (Phi) is 6.92. The SMILES string of the molecule is COc1ccc2c(/C(C)=N\N)cc(=O)oc2c1.COc1ccc2c(C(C)=O)cc(=O)oc2c1. The van der Waals surface area contributed by atoms with Crippen molar-refractivity contribution in [1.29, 1.82) is 0 Å². The molecule has 0 saturated heterocycles. The van der Waals surface area contributed by atoms with E-state index in [0.29, 0.717) is 44.9 Å². The molecular weight excluding hydrogens is 428 g/mol. The third-order valence-corrected chi connectivity index (χ3v) is 4.87. The Morgan fingerprint density at radius 3 is 1.67 bits per heavy atom. The molecule has 0 aliphatic heterocycles. The maximum absolute atomic E-state index is 11.4. The number of carbonyl (C=O) groups excluding carboxylic acids is 1. The van der Waals surface area contributed by atoms with Gasteiger partial charge in [0.1, 0.15) is 22.7 Å². The van der Waals surface area contributed by atoms with E-state index in [4.69, 9.17) is 24.2 Å². The van der Waals surface area contributed by atoms with E-state index in [0.717, 1.165) is 5.39 Å². The zero-order valence-corrected chi connectivity index (χ0v) is 18.5. The van der Waals surface area contributed by atoms with Gasteiger partial charge in [0.05, 0.1) is 19.9 Å². The molecule has 4 aromatic rings. The highest BCUT2D eigenvalue weighted by Crippen LogP contribution is 2.23. The molecule has 0 unspecified atom stereocenters. The van der Waals surface area contributed by atoms with Crippen LogP contribution in [0, 0.1) is 0 Å². The molecular formula is C24H22N2O7. The van der Waals surface area contributed by atoms with E-state index in [2.05, 4.69) is 5.10 Å². The minimum absolute atomic E-state index is 0.164. The van der Waals surface area contributed by atoms with Crippen molar-refractivity contribution in [2.45, 2.75) is 13.8 Å². The normalized spacial score (nSPS) is 11.1. The van der Waals surface area contributed by atoms with Crippen molar-refractivity contribution in [2.24, 2.45) is 10.9 Å². The summed E-state index contributed by atoms with van der Waals surface area (Å²) in [6, 6.07) is 12.8. The van der Waals surface area contributed by atoms with Crippen LogP contribution in [0.15, 0.2) is 72.1 Å². The number of carbonyl (C=O) groups is 1. The number of benzene rings is 2. The standard InChI is InChI=1S/C12H12N2O3.C12H10O4/c1-7(14-13)10-6-12(15)17-11-5-8(16-2)3-4-9(10)11;1-7(13)10-6-12(14)16-11-5-8(15-2)3-4-9(10)11/h3-6H,13H2,1-2H3;3-6H,1-2H3/b14-7-;. The first-order valence-corrected chi connectivity index (χ1v) is 9.77. The fraction of sp³-hybridized carbons (Fsp3) is 0.167. The maximum Gasteiger partial charge on any atom is 0.336 e. The van der Waals surface area contributed by atoms with Crippen LogP contribution in [0.4, 0.5) is 0 Å². The summed E-state index contributed by atoms with van der Waals surface area (Å²) in [7, 11) is 3.07. The van der Waals surface area contributed by atoms with Crippen molar-refractivity contribution in [2.75, 3.05) is 14.2 Å². The van der Waals surface area contributed by atoms with Gasteiger partial charge in [0.25, 0.3) is 0 Å². The average molecular weight is 450 g/mol. The molecule has 0 bridgehead atoms. The van der Waals surface area contributed by atoms with E-state index in [1.165, 1.54) is 26.2 Å². The van der Waals surface area contributed by atoms with Gasteiger partial charge in [-0.2, -0.15) is 5.10 Å². The third-order valence-electron chi connectivity index (χ3n) is 4.87. The van der Waals surface area contributed by atoms with Gasteiger partial charge in [0.15, 0.2) is 5.78 Å². The van der Waals surface area contributed by atoms with Crippen molar-refractivity contribution in [3.63, 3.8) is 0 Å². The Morgan fingerprint density at radius 1 is 0.788 bits per heavy atom. The van der Waals surface area contributed by atoms with Gasteiger partial charge in [0, 0.05) is 46.2 Å². The molecule has 2 N–H and O–H groups in total. The van der Waals surface area contributed by atoms with Gasteiger partial charge in [-0.1, -0.05) is 0 Å². The summed E-state index contributed by atoms with van der Waals surface area (Å²) in [5, 5.41) is 4.99. The number of hydrogen-bond donors (Lipinski definition) is 1. The number of hydrogen-bond acceptors (Lipinski definition) is 9. The number of methoxy groups -OCH3 is 2. The lowest BCUT2D eigenvalue weighted by molar-refractivity contribution is 0.101. The molecule has 2 heterocycles. The highest BCUT2D eigenvalue weighted by atomic mass is 16.5. The lowest BCUT2D eigenvalue weighted by Gasteiger charge is -2.05. The van der Waals surface area contributed by atoms with Crippen LogP contribution in [0.2, 0.25) is 0 Å². The maximum atomic E-state index is 11.4. The lowest BCUT2D eigenvalue weighted by atomic mass is 10.1. The van der Waals surface area contributed by atoms with E-state index >= 15 is 0 Å². The Bertz CT molecular complexity index is 1480. The molecule has 2 aromatic heterocycles. The molecule has 2 aromatic carbocycles. The molecule has 0 saturated carbocycles. The predicted molar refractivity (Wildman–Crippen MR) is 124 cm³/mol. The number of ether oxygens (including phenoxy) is 2. The molecule has 170 valence electrons. The van der Waals surface area contributed by atoms with Crippen molar-refractivity contribution >= 4 is 33.4 Å². The van der Waals surface area contributed by atoms with Crippen LogP contribution in [0.25, 0.3) is 21.9 Å². The first kappa shape index (κ1) is 23.3. The van der Waals surface area contributed by atoms with Crippen LogP contribution < -0.4 is 26.6 Å². The summed E-state index contributed by atoms with van der Waals surface area (Å²) >= 11 is 0. The van der Waals surface area contributed by atoms with Crippen molar-refractivity contribution in [1.82, 2.24) is 0 Å². The lowest BCUT2D eigenvalue weighted by Crippen LogP contribution is -2.06. The quantitative estimate of drug-likeness (QED) is 0.164. The molecule has 9 nitrogen and oxygen atoms in total. The van der Waals surface area contributed by atoms with Gasteiger partial charge in [0.2, 0.25) is 0 Å². The van der Waals surface area contributed by atoms with E-state index < -0.39 is 11.3 Å². The van der Waals surface area contributed by atoms with Crippen LogP contribution in [-0.2, 0) is 0 Å². The average Bonchev–Trinajstić information content (AvgIpc) is 2.81. The van der Waals surface area contributed by atoms with Crippen LogP contribution in [0.3, 0.4) is 0 Å². The van der Waals surface area contributed by atoms with Crippen molar-refractivity contribution < 1.29 is 23.1 Å². The zero-order chi connectivity index (χ0) is 24.1. The summed E-state index contributed by atoms with van der Waals surface area (Å²) in [6.45, 7) is 3.15. The molecule has 4 rings (SSSR count). The molecule has 0 radical (unpaired) electrons. The summed E-state index contributed by atoms with van der Waals surface area (Å²) < 4.78 is 20.2. The summed E-state index contributed by atoms with van der Waals surface area (Å²) in [5.74, 6) is 6.27. The van der Waals surface area contributed by atoms with Crippen molar-refractivity contribution in [3.05, 3.63) is 80.5 Å². The molecule has 0 atom stereocenters. The second-order valence-corrected chi connectivity index (χ2v) is 6.95. The summed E-state index contributed by atoms with van der Waals surface area (Å²) in [5.41, 5.74) is 1.45. The first-order valence-electron chi connectivity index (χ1n) is 9.77. The molecule has 0 aliphatic carbocycles. The third kappa shape index (κ3) is 5.09. The van der Waals surface area contributed by atoms with Crippen LogP contribution in [-0.4, -0.2) is 25.7 Å². The number of rotatable bonds is 4. The van der Waals surface area contributed by atoms with E-state index in [1.807, 2.05) is 0 Å². The molecule has 0 spiro atoms. The van der Waals surface area contributed by atoms with E-state index in [-0.39, 0.29) is 5.78 Å². The van der Waals surface area contributed by atoms with Gasteiger partial charge >= 0.3 is 11.3 Å². The summed E-state index contributed by atoms with van der Waals surface area (Å²) in [6.07, 6.45) is 0. The highest BCUT2D eigenvalue weighted by Gasteiger charge is 2.10. The molecule has 0 aliphatic rings. The number of hydrazone groups is 1. The minimum atomic E-state index is -0.536. The molecule has 33 heavy (non-hydrogen) atoms. The monoisotopic (exact) mass is 450 g/mol. The number of ketones is 1. The van der Waals surface area contributed by atoms with E-state index in [9.17, 15) is 14.4 Å². The summed E-state index contributed by atoms with van der Waals surface area (Å²) in [4.78, 5) is 34.0. The topological polar surface area (TPSA) is 134 Å². The van der Waals surface area contributed by atoms with Gasteiger partial charge in [-0.15, -0.1) is 0 Å².